The van der Waals surface area contributed by atoms with Crippen molar-refractivity contribution in [2.75, 3.05) is 12.4 Å². The number of hydrogen-bond donors (Lipinski definition) is 2. The fourth-order valence-electron chi connectivity index (χ4n) is 2.12. The molecule has 0 spiro atoms. The number of benzene rings is 1. The van der Waals surface area contributed by atoms with Gasteiger partial charge in [-0.25, -0.2) is 0 Å². The van der Waals surface area contributed by atoms with Crippen molar-refractivity contribution in [3.63, 3.8) is 0 Å². The third-order valence-corrected chi connectivity index (χ3v) is 3.13. The van der Waals surface area contributed by atoms with Crippen LogP contribution in [0, 0.1) is 0 Å². The van der Waals surface area contributed by atoms with Crippen molar-refractivity contribution in [3.8, 4) is 5.75 Å². The van der Waals surface area contributed by atoms with E-state index in [4.69, 9.17) is 10.5 Å². The minimum atomic E-state index is -0.646. The summed E-state index contributed by atoms with van der Waals surface area (Å²) in [4.78, 5) is 11.8. The summed E-state index contributed by atoms with van der Waals surface area (Å²) in [6.45, 7) is 2.88. The first-order valence-corrected chi connectivity index (χ1v) is 6.87. The highest BCUT2D eigenvalue weighted by Gasteiger charge is 2.20. The molecule has 6 heteroatoms. The number of carbonyl (C=O) groups is 1. The number of hydrogen-bond acceptors (Lipinski definition) is 4. The minimum Gasteiger partial charge on any atom is -0.495 e. The van der Waals surface area contributed by atoms with Gasteiger partial charge in [-0.3, -0.25) is 9.48 Å². The van der Waals surface area contributed by atoms with E-state index in [0.717, 1.165) is 18.5 Å². The maximum Gasteiger partial charge on any atom is 0.244 e. The van der Waals surface area contributed by atoms with Crippen LogP contribution in [0.3, 0.4) is 0 Å². The fourth-order valence-corrected chi connectivity index (χ4v) is 2.12. The molecule has 1 aromatic heterocycles. The lowest BCUT2D eigenvalue weighted by Crippen LogP contribution is -2.27. The van der Waals surface area contributed by atoms with Crippen molar-refractivity contribution >= 4 is 11.6 Å². The van der Waals surface area contributed by atoms with Crippen molar-refractivity contribution in [2.45, 2.75) is 25.9 Å². The van der Waals surface area contributed by atoms with Crippen LogP contribution in [0.1, 0.15) is 24.9 Å². The zero-order valence-electron chi connectivity index (χ0n) is 12.2. The van der Waals surface area contributed by atoms with E-state index in [1.807, 2.05) is 30.5 Å². The molecule has 0 saturated carbocycles. The van der Waals surface area contributed by atoms with Gasteiger partial charge in [-0.05, 0) is 18.6 Å². The van der Waals surface area contributed by atoms with E-state index in [9.17, 15) is 4.79 Å². The molecule has 6 nitrogen and oxygen atoms in total. The standard InChI is InChI=1S/C15H20N4O2/c1-3-8-19-10-11(9-17-19)14(15(16)20)18-12-6-4-5-7-13(12)21-2/h4-7,9-10,14,18H,3,8H2,1-2H3,(H2,16,20). The number of para-hydroxylation sites is 2. The zero-order chi connectivity index (χ0) is 15.2. The van der Waals surface area contributed by atoms with E-state index >= 15 is 0 Å². The summed E-state index contributed by atoms with van der Waals surface area (Å²) in [5.41, 5.74) is 6.96. The molecule has 21 heavy (non-hydrogen) atoms. The van der Waals surface area contributed by atoms with Crippen LogP contribution in [0.2, 0.25) is 0 Å². The predicted octanol–water partition coefficient (Wildman–Crippen LogP) is 1.94. The Morgan fingerprint density at radius 1 is 1.48 bits per heavy atom. The summed E-state index contributed by atoms with van der Waals surface area (Å²) in [5, 5.41) is 7.35. The first-order chi connectivity index (χ1) is 10.2. The second kappa shape index (κ2) is 6.78. The molecule has 0 saturated heterocycles. The Kier molecular flexibility index (Phi) is 4.81. The number of nitrogens with zero attached hydrogens (tertiary/aromatic N) is 2. The first kappa shape index (κ1) is 14.9. The van der Waals surface area contributed by atoms with Crippen LogP contribution in [0.15, 0.2) is 36.7 Å². The molecule has 1 amide bonds. The number of nitrogens with one attached hydrogen (secondary N) is 1. The van der Waals surface area contributed by atoms with E-state index in [1.54, 1.807) is 18.0 Å². The maximum absolute atomic E-state index is 11.8. The van der Waals surface area contributed by atoms with Crippen LogP contribution in [-0.2, 0) is 11.3 Å². The molecule has 2 aromatic rings. The Balaban J connectivity index is 2.24. The Morgan fingerprint density at radius 2 is 2.24 bits per heavy atom. The topological polar surface area (TPSA) is 82.2 Å². The highest BCUT2D eigenvalue weighted by molar-refractivity contribution is 5.84. The second-order valence-corrected chi connectivity index (χ2v) is 4.72. The van der Waals surface area contributed by atoms with E-state index in [1.165, 1.54) is 0 Å². The monoisotopic (exact) mass is 288 g/mol. The maximum atomic E-state index is 11.8. The number of nitrogens with two attached hydrogens (primary N) is 1. The van der Waals surface area contributed by atoms with Gasteiger partial charge in [0.1, 0.15) is 11.8 Å². The quantitative estimate of drug-likeness (QED) is 0.815. The molecule has 0 aliphatic rings. The Morgan fingerprint density at radius 3 is 2.90 bits per heavy atom. The third-order valence-electron chi connectivity index (χ3n) is 3.13. The van der Waals surface area contributed by atoms with Gasteiger partial charge in [0, 0.05) is 18.3 Å². The highest BCUT2D eigenvalue weighted by atomic mass is 16.5. The van der Waals surface area contributed by atoms with Gasteiger partial charge in [-0.15, -0.1) is 0 Å². The van der Waals surface area contributed by atoms with Crippen LogP contribution < -0.4 is 15.8 Å². The first-order valence-electron chi connectivity index (χ1n) is 6.87. The van der Waals surface area contributed by atoms with Crippen LogP contribution >= 0.6 is 0 Å². The highest BCUT2D eigenvalue weighted by Crippen LogP contribution is 2.27. The van der Waals surface area contributed by atoms with E-state index in [2.05, 4.69) is 17.3 Å². The van der Waals surface area contributed by atoms with Gasteiger partial charge in [0.2, 0.25) is 5.91 Å². The molecular formula is C15H20N4O2. The molecule has 0 aliphatic heterocycles. The van der Waals surface area contributed by atoms with Crippen molar-refractivity contribution in [3.05, 3.63) is 42.2 Å². The second-order valence-electron chi connectivity index (χ2n) is 4.72. The molecule has 2 rings (SSSR count). The lowest BCUT2D eigenvalue weighted by molar-refractivity contribution is -0.118. The number of amides is 1. The smallest absolute Gasteiger partial charge is 0.244 e. The summed E-state index contributed by atoms with van der Waals surface area (Å²) in [5.74, 6) is 0.196. The molecule has 0 fully saturated rings. The molecule has 1 atom stereocenters. The molecule has 3 N–H and O–H groups in total. The van der Waals surface area contributed by atoms with Gasteiger partial charge >= 0.3 is 0 Å². The Bertz CT molecular complexity index is 609. The Hall–Kier alpha value is -2.50. The van der Waals surface area contributed by atoms with Gasteiger partial charge in [0.15, 0.2) is 0 Å². The Labute approximate surface area is 123 Å². The van der Waals surface area contributed by atoms with Gasteiger partial charge in [-0.1, -0.05) is 19.1 Å². The van der Waals surface area contributed by atoms with Gasteiger partial charge in [0.05, 0.1) is 19.0 Å². The number of anilines is 1. The number of ether oxygens (including phenoxy) is 1. The zero-order valence-corrected chi connectivity index (χ0v) is 12.2. The molecule has 0 radical (unpaired) electrons. The number of rotatable bonds is 7. The molecule has 1 aromatic carbocycles. The van der Waals surface area contributed by atoms with Crippen molar-refractivity contribution < 1.29 is 9.53 Å². The predicted molar refractivity (Wildman–Crippen MR) is 81.1 cm³/mol. The normalized spacial score (nSPS) is 11.9. The summed E-state index contributed by atoms with van der Waals surface area (Å²) in [6, 6.07) is 6.74. The molecule has 112 valence electrons. The number of primary amides is 1. The van der Waals surface area contributed by atoms with Gasteiger partial charge in [-0.2, -0.15) is 5.10 Å². The largest absolute Gasteiger partial charge is 0.495 e. The van der Waals surface area contributed by atoms with Gasteiger partial charge in [0.25, 0.3) is 0 Å². The van der Waals surface area contributed by atoms with Crippen LogP contribution in [0.25, 0.3) is 0 Å². The number of carbonyl (C=O) groups excluding carboxylic acids is 1. The van der Waals surface area contributed by atoms with Crippen LogP contribution in [0.5, 0.6) is 5.75 Å². The summed E-state index contributed by atoms with van der Waals surface area (Å²) in [7, 11) is 1.58. The summed E-state index contributed by atoms with van der Waals surface area (Å²) in [6.07, 6.45) is 4.47. The molecule has 0 bridgehead atoms. The van der Waals surface area contributed by atoms with Crippen molar-refractivity contribution in [1.29, 1.82) is 0 Å². The van der Waals surface area contributed by atoms with Crippen molar-refractivity contribution in [1.82, 2.24) is 9.78 Å². The third kappa shape index (κ3) is 3.53. The fraction of sp³-hybridized carbons (Fsp3) is 0.333. The van der Waals surface area contributed by atoms with Gasteiger partial charge < -0.3 is 15.8 Å². The summed E-state index contributed by atoms with van der Waals surface area (Å²) >= 11 is 0. The van der Waals surface area contributed by atoms with Crippen LogP contribution in [0.4, 0.5) is 5.69 Å². The van der Waals surface area contributed by atoms with E-state index < -0.39 is 11.9 Å². The van der Waals surface area contributed by atoms with E-state index in [-0.39, 0.29) is 0 Å². The SMILES string of the molecule is CCCn1cc(C(Nc2ccccc2OC)C(N)=O)cn1. The average Bonchev–Trinajstić information content (AvgIpc) is 2.93. The van der Waals surface area contributed by atoms with E-state index in [0.29, 0.717) is 11.4 Å². The molecule has 1 heterocycles. The number of methoxy groups -OCH3 is 1. The lowest BCUT2D eigenvalue weighted by atomic mass is 10.1. The number of aryl methyl sites for hydroxylation is 1. The summed E-state index contributed by atoms with van der Waals surface area (Å²) < 4.78 is 7.07. The molecule has 1 unspecified atom stereocenters. The molecular weight excluding hydrogens is 268 g/mol. The minimum absolute atomic E-state index is 0.461. The number of aromatic nitrogens is 2. The van der Waals surface area contributed by atoms with Crippen LogP contribution in [-0.4, -0.2) is 22.8 Å². The molecule has 0 aliphatic carbocycles. The average molecular weight is 288 g/mol. The van der Waals surface area contributed by atoms with Crippen molar-refractivity contribution in [2.24, 2.45) is 5.73 Å². The lowest BCUT2D eigenvalue weighted by Gasteiger charge is -2.17.